The first-order chi connectivity index (χ1) is 7.95. The van der Waals surface area contributed by atoms with E-state index in [1.54, 1.807) is 0 Å². The summed E-state index contributed by atoms with van der Waals surface area (Å²) in [6, 6.07) is 6.10. The SMILES string of the molecule is c1ccc(CNCC2CCCCCC2)nc1. The van der Waals surface area contributed by atoms with Crippen molar-refractivity contribution in [1.29, 1.82) is 0 Å². The first-order valence-electron chi connectivity index (χ1n) is 6.56. The van der Waals surface area contributed by atoms with E-state index in [9.17, 15) is 0 Å². The Kier molecular flexibility index (Phi) is 4.81. The molecule has 2 nitrogen and oxygen atoms in total. The highest BCUT2D eigenvalue weighted by Crippen LogP contribution is 2.22. The summed E-state index contributed by atoms with van der Waals surface area (Å²) in [6.07, 6.45) is 10.4. The molecule has 1 N–H and O–H groups in total. The van der Waals surface area contributed by atoms with Crippen molar-refractivity contribution in [3.05, 3.63) is 30.1 Å². The summed E-state index contributed by atoms with van der Waals surface area (Å²) in [4.78, 5) is 4.32. The molecule has 0 aliphatic heterocycles. The van der Waals surface area contributed by atoms with Crippen LogP contribution in [0.2, 0.25) is 0 Å². The zero-order valence-electron chi connectivity index (χ0n) is 9.99. The quantitative estimate of drug-likeness (QED) is 0.785. The van der Waals surface area contributed by atoms with Crippen molar-refractivity contribution in [3.63, 3.8) is 0 Å². The van der Waals surface area contributed by atoms with E-state index in [-0.39, 0.29) is 0 Å². The van der Waals surface area contributed by atoms with Crippen molar-refractivity contribution in [2.75, 3.05) is 6.54 Å². The molecule has 1 heterocycles. The fraction of sp³-hybridized carbons (Fsp3) is 0.643. The Morgan fingerprint density at radius 1 is 1.12 bits per heavy atom. The molecule has 2 heteroatoms. The van der Waals surface area contributed by atoms with Crippen LogP contribution >= 0.6 is 0 Å². The summed E-state index contributed by atoms with van der Waals surface area (Å²) in [7, 11) is 0. The highest BCUT2D eigenvalue weighted by molar-refractivity contribution is 5.02. The molecule has 88 valence electrons. The largest absolute Gasteiger partial charge is 0.311 e. The van der Waals surface area contributed by atoms with Gasteiger partial charge < -0.3 is 5.32 Å². The summed E-state index contributed by atoms with van der Waals surface area (Å²) < 4.78 is 0. The Balaban J connectivity index is 1.67. The summed E-state index contributed by atoms with van der Waals surface area (Å²) in [5.74, 6) is 0.895. The number of nitrogens with zero attached hydrogens (tertiary/aromatic N) is 1. The van der Waals surface area contributed by atoms with Gasteiger partial charge in [0.25, 0.3) is 0 Å². The molecule has 0 saturated heterocycles. The summed E-state index contributed by atoms with van der Waals surface area (Å²) >= 11 is 0. The van der Waals surface area contributed by atoms with Gasteiger partial charge in [-0.1, -0.05) is 31.7 Å². The third-order valence-corrected chi connectivity index (χ3v) is 3.44. The third kappa shape index (κ3) is 3.93. The van der Waals surface area contributed by atoms with Gasteiger partial charge in [-0.05, 0) is 37.4 Å². The molecule has 0 amide bonds. The minimum Gasteiger partial charge on any atom is -0.311 e. The van der Waals surface area contributed by atoms with Crippen LogP contribution in [0.25, 0.3) is 0 Å². The molecule has 16 heavy (non-hydrogen) atoms. The highest BCUT2D eigenvalue weighted by Gasteiger charge is 2.11. The van der Waals surface area contributed by atoms with Gasteiger partial charge in [-0.15, -0.1) is 0 Å². The number of aromatic nitrogens is 1. The van der Waals surface area contributed by atoms with Crippen molar-refractivity contribution >= 4 is 0 Å². The number of pyridine rings is 1. The number of hydrogen-bond acceptors (Lipinski definition) is 2. The lowest BCUT2D eigenvalue weighted by Gasteiger charge is -2.14. The van der Waals surface area contributed by atoms with E-state index in [2.05, 4.69) is 22.4 Å². The van der Waals surface area contributed by atoms with Gasteiger partial charge >= 0.3 is 0 Å². The van der Waals surface area contributed by atoms with Crippen LogP contribution in [0.3, 0.4) is 0 Å². The van der Waals surface area contributed by atoms with Crippen LogP contribution in [0.15, 0.2) is 24.4 Å². The molecule has 0 unspecified atom stereocenters. The Labute approximate surface area is 98.5 Å². The van der Waals surface area contributed by atoms with Crippen molar-refractivity contribution in [1.82, 2.24) is 10.3 Å². The molecule has 0 radical (unpaired) electrons. The zero-order valence-corrected chi connectivity index (χ0v) is 9.99. The average Bonchev–Trinajstić information content (AvgIpc) is 2.59. The van der Waals surface area contributed by atoms with Crippen molar-refractivity contribution < 1.29 is 0 Å². The molecular weight excluding hydrogens is 196 g/mol. The molecular formula is C14H22N2. The molecule has 1 aliphatic rings. The number of nitrogens with one attached hydrogen (secondary N) is 1. The van der Waals surface area contributed by atoms with Crippen LogP contribution in [0.4, 0.5) is 0 Å². The fourth-order valence-corrected chi connectivity index (χ4v) is 2.48. The molecule has 1 aromatic rings. The summed E-state index contributed by atoms with van der Waals surface area (Å²) in [5, 5.41) is 3.54. The van der Waals surface area contributed by atoms with Crippen LogP contribution in [-0.4, -0.2) is 11.5 Å². The van der Waals surface area contributed by atoms with Gasteiger partial charge in [0, 0.05) is 12.7 Å². The minimum absolute atomic E-state index is 0.895. The third-order valence-electron chi connectivity index (χ3n) is 3.44. The first kappa shape index (κ1) is 11.6. The lowest BCUT2D eigenvalue weighted by atomic mass is 10.0. The molecule has 1 aliphatic carbocycles. The average molecular weight is 218 g/mol. The lowest BCUT2D eigenvalue weighted by Crippen LogP contribution is -2.22. The second kappa shape index (κ2) is 6.64. The van der Waals surface area contributed by atoms with E-state index in [0.29, 0.717) is 0 Å². The van der Waals surface area contributed by atoms with Crippen molar-refractivity contribution in [2.24, 2.45) is 5.92 Å². The normalized spacial score (nSPS) is 18.2. The molecule has 0 atom stereocenters. The smallest absolute Gasteiger partial charge is 0.0541 e. The summed E-state index contributed by atoms with van der Waals surface area (Å²) in [5.41, 5.74) is 1.15. The van der Waals surface area contributed by atoms with Gasteiger partial charge in [-0.3, -0.25) is 4.98 Å². The molecule has 0 aromatic carbocycles. The Bertz CT molecular complexity index is 276. The Morgan fingerprint density at radius 3 is 2.62 bits per heavy atom. The number of rotatable bonds is 4. The van der Waals surface area contributed by atoms with Crippen LogP contribution < -0.4 is 5.32 Å². The van der Waals surface area contributed by atoms with Gasteiger partial charge in [-0.25, -0.2) is 0 Å². The van der Waals surface area contributed by atoms with E-state index in [1.807, 2.05) is 12.3 Å². The predicted octanol–water partition coefficient (Wildman–Crippen LogP) is 3.14. The fourth-order valence-electron chi connectivity index (χ4n) is 2.48. The molecule has 1 fully saturated rings. The van der Waals surface area contributed by atoms with E-state index in [4.69, 9.17) is 0 Å². The van der Waals surface area contributed by atoms with E-state index in [0.717, 1.165) is 24.7 Å². The first-order valence-corrected chi connectivity index (χ1v) is 6.56. The molecule has 1 aromatic heterocycles. The molecule has 1 saturated carbocycles. The van der Waals surface area contributed by atoms with Gasteiger partial charge in [0.1, 0.15) is 0 Å². The van der Waals surface area contributed by atoms with Gasteiger partial charge in [0.2, 0.25) is 0 Å². The van der Waals surface area contributed by atoms with Crippen LogP contribution in [0.5, 0.6) is 0 Å². The monoisotopic (exact) mass is 218 g/mol. The second-order valence-corrected chi connectivity index (χ2v) is 4.81. The van der Waals surface area contributed by atoms with Gasteiger partial charge in [-0.2, -0.15) is 0 Å². The zero-order chi connectivity index (χ0) is 11.1. The molecule has 0 bridgehead atoms. The molecule has 0 spiro atoms. The van der Waals surface area contributed by atoms with Crippen molar-refractivity contribution in [2.45, 2.75) is 45.1 Å². The number of hydrogen-bond donors (Lipinski definition) is 1. The standard InChI is InChI=1S/C14H22N2/c1-2-4-8-13(7-3-1)11-15-12-14-9-5-6-10-16-14/h5-6,9-10,13,15H,1-4,7-8,11-12H2. The minimum atomic E-state index is 0.895. The highest BCUT2D eigenvalue weighted by atomic mass is 14.9. The van der Waals surface area contributed by atoms with Crippen LogP contribution in [0, 0.1) is 5.92 Å². The Morgan fingerprint density at radius 2 is 1.94 bits per heavy atom. The van der Waals surface area contributed by atoms with Gasteiger partial charge in [0.05, 0.1) is 5.69 Å². The summed E-state index contributed by atoms with van der Waals surface area (Å²) in [6.45, 7) is 2.08. The van der Waals surface area contributed by atoms with Crippen LogP contribution in [-0.2, 0) is 6.54 Å². The van der Waals surface area contributed by atoms with E-state index < -0.39 is 0 Å². The van der Waals surface area contributed by atoms with E-state index >= 15 is 0 Å². The van der Waals surface area contributed by atoms with Gasteiger partial charge in [0.15, 0.2) is 0 Å². The molecule has 2 rings (SSSR count). The van der Waals surface area contributed by atoms with E-state index in [1.165, 1.54) is 38.5 Å². The Hall–Kier alpha value is -0.890. The van der Waals surface area contributed by atoms with Crippen LogP contribution in [0.1, 0.15) is 44.2 Å². The maximum absolute atomic E-state index is 4.32. The maximum Gasteiger partial charge on any atom is 0.0541 e. The van der Waals surface area contributed by atoms with Crippen molar-refractivity contribution in [3.8, 4) is 0 Å². The maximum atomic E-state index is 4.32. The lowest BCUT2D eigenvalue weighted by molar-refractivity contribution is 0.424. The second-order valence-electron chi connectivity index (χ2n) is 4.81. The topological polar surface area (TPSA) is 24.9 Å². The predicted molar refractivity (Wildman–Crippen MR) is 67.1 cm³/mol.